The lowest BCUT2D eigenvalue weighted by molar-refractivity contribution is -0.229. The zero-order valence-corrected chi connectivity index (χ0v) is 21.8. The van der Waals surface area contributed by atoms with E-state index in [9.17, 15) is 31.1 Å². The normalized spacial score (nSPS) is 28.9. The van der Waals surface area contributed by atoms with E-state index in [1.54, 1.807) is 11.9 Å². The van der Waals surface area contributed by atoms with Crippen LogP contribution in [0.1, 0.15) is 57.8 Å². The van der Waals surface area contributed by atoms with Crippen molar-refractivity contribution in [2.24, 2.45) is 23.7 Å². The van der Waals surface area contributed by atoms with Crippen molar-refractivity contribution in [3.8, 4) is 0 Å². The minimum atomic E-state index is -4.63. The summed E-state index contributed by atoms with van der Waals surface area (Å²) in [6.07, 6.45) is -5.32. The predicted molar refractivity (Wildman–Crippen MR) is 126 cm³/mol. The van der Waals surface area contributed by atoms with Crippen molar-refractivity contribution in [3.05, 3.63) is 0 Å². The fourth-order valence-corrected chi connectivity index (χ4v) is 6.41. The zero-order chi connectivity index (χ0) is 26.7. The number of piperazine rings is 1. The van der Waals surface area contributed by atoms with Gasteiger partial charge in [0.2, 0.25) is 5.91 Å². The van der Waals surface area contributed by atoms with Crippen LogP contribution in [-0.4, -0.2) is 98.0 Å². The van der Waals surface area contributed by atoms with Crippen molar-refractivity contribution < 1.29 is 31.1 Å². The molecular formula is C25H42F6N4O. The van der Waals surface area contributed by atoms with E-state index in [1.165, 1.54) is 0 Å². The first kappa shape index (κ1) is 29.5. The lowest BCUT2D eigenvalue weighted by atomic mass is 9.73. The average Bonchev–Trinajstić information content (AvgIpc) is 2.82. The van der Waals surface area contributed by atoms with Crippen LogP contribution in [0.4, 0.5) is 26.3 Å². The maximum Gasteiger partial charge on any atom is 0.391 e. The summed E-state index contributed by atoms with van der Waals surface area (Å²) in [5.74, 6) is -4.39. The number of carbonyl (C=O) groups excluding carboxylic acids is 1. The molecule has 1 saturated heterocycles. The Hall–Kier alpha value is -1.07. The molecule has 0 N–H and O–H groups in total. The van der Waals surface area contributed by atoms with Gasteiger partial charge in [0, 0.05) is 53.9 Å². The van der Waals surface area contributed by atoms with Crippen molar-refractivity contribution in [1.82, 2.24) is 19.8 Å². The number of alkyl halides is 6. The van der Waals surface area contributed by atoms with Crippen LogP contribution in [0.5, 0.6) is 0 Å². The first-order valence-electron chi connectivity index (χ1n) is 13.3. The topological polar surface area (TPSA) is 30.0 Å². The van der Waals surface area contributed by atoms with E-state index >= 15 is 0 Å². The van der Waals surface area contributed by atoms with Gasteiger partial charge in [-0.05, 0) is 50.4 Å². The minimum absolute atomic E-state index is 0.0456. The number of likely N-dealkylation sites (N-methyl/N-ethyl adjacent to an activating group) is 1. The zero-order valence-electron chi connectivity index (χ0n) is 21.8. The second-order valence-corrected chi connectivity index (χ2v) is 11.3. The van der Waals surface area contributed by atoms with Gasteiger partial charge in [-0.2, -0.15) is 26.3 Å². The van der Waals surface area contributed by atoms with Crippen LogP contribution in [-0.2, 0) is 4.79 Å². The van der Waals surface area contributed by atoms with Crippen molar-refractivity contribution in [2.75, 3.05) is 53.9 Å². The van der Waals surface area contributed by atoms with Gasteiger partial charge in [-0.1, -0.05) is 19.3 Å². The van der Waals surface area contributed by atoms with E-state index in [2.05, 4.69) is 9.91 Å². The van der Waals surface area contributed by atoms with Gasteiger partial charge in [0.15, 0.2) is 0 Å². The molecule has 0 aromatic rings. The summed E-state index contributed by atoms with van der Waals surface area (Å²) in [5, 5.41) is 4.27. The number of halogens is 6. The maximum absolute atomic E-state index is 13.7. The Bertz CT molecular complexity index is 680. The molecule has 2 saturated carbocycles. The molecule has 1 heterocycles. The van der Waals surface area contributed by atoms with E-state index < -0.39 is 36.5 Å². The molecule has 1 amide bonds. The molecule has 0 bridgehead atoms. The highest BCUT2D eigenvalue weighted by Crippen LogP contribution is 2.48. The van der Waals surface area contributed by atoms with Crippen LogP contribution in [0.2, 0.25) is 0 Å². The summed E-state index contributed by atoms with van der Waals surface area (Å²) < 4.78 is 80.1. The number of hydrogen-bond donors (Lipinski definition) is 0. The third-order valence-corrected chi connectivity index (χ3v) is 8.58. The number of hydrogen-bond acceptors (Lipinski definition) is 4. The molecule has 11 heteroatoms. The Morgan fingerprint density at radius 3 is 1.83 bits per heavy atom. The van der Waals surface area contributed by atoms with Gasteiger partial charge in [-0.15, -0.1) is 0 Å². The maximum atomic E-state index is 13.7. The Morgan fingerprint density at radius 1 is 0.833 bits per heavy atom. The molecule has 3 rings (SSSR count). The first-order chi connectivity index (χ1) is 16.8. The van der Waals surface area contributed by atoms with Crippen LogP contribution < -0.4 is 0 Å². The van der Waals surface area contributed by atoms with Crippen molar-refractivity contribution in [1.29, 1.82) is 0 Å². The molecule has 3 unspecified atom stereocenters. The molecule has 5 nitrogen and oxygen atoms in total. The van der Waals surface area contributed by atoms with Crippen molar-refractivity contribution in [2.45, 2.75) is 76.2 Å². The number of hydrazine groups is 1. The van der Waals surface area contributed by atoms with Gasteiger partial charge in [-0.25, -0.2) is 10.0 Å². The Balaban J connectivity index is 1.65. The molecule has 0 aromatic heterocycles. The Morgan fingerprint density at radius 2 is 1.36 bits per heavy atom. The third kappa shape index (κ3) is 7.72. The van der Waals surface area contributed by atoms with Crippen molar-refractivity contribution >= 4 is 5.91 Å². The fraction of sp³-hybridized carbons (Fsp3) is 0.960. The molecule has 2 aliphatic carbocycles. The van der Waals surface area contributed by atoms with E-state index in [1.807, 2.05) is 19.1 Å². The Kier molecular flexibility index (Phi) is 9.99. The monoisotopic (exact) mass is 528 g/mol. The number of carbonyl (C=O) groups is 1. The van der Waals surface area contributed by atoms with E-state index in [0.29, 0.717) is 0 Å². The SMILES string of the molecule is CN(CCC1CC(C(F)(F)F)CC(C(F)(F)F)C1)C(=O)C(C1CCCCC1)N1CCN(N(C)C)CC1. The van der Waals surface area contributed by atoms with Crippen LogP contribution >= 0.6 is 0 Å². The van der Waals surface area contributed by atoms with Gasteiger partial charge in [0.05, 0.1) is 17.9 Å². The average molecular weight is 529 g/mol. The van der Waals surface area contributed by atoms with Crippen molar-refractivity contribution in [3.63, 3.8) is 0 Å². The van der Waals surface area contributed by atoms with Crippen LogP contribution in [0.3, 0.4) is 0 Å². The smallest absolute Gasteiger partial charge is 0.344 e. The molecule has 1 aliphatic heterocycles. The molecule has 36 heavy (non-hydrogen) atoms. The highest BCUT2D eigenvalue weighted by molar-refractivity contribution is 5.82. The lowest BCUT2D eigenvalue weighted by Gasteiger charge is -2.45. The number of nitrogens with zero attached hydrogens (tertiary/aromatic N) is 4. The van der Waals surface area contributed by atoms with Crippen LogP contribution in [0.25, 0.3) is 0 Å². The molecular weight excluding hydrogens is 486 g/mol. The van der Waals surface area contributed by atoms with Crippen LogP contribution in [0, 0.1) is 23.7 Å². The second-order valence-electron chi connectivity index (χ2n) is 11.3. The minimum Gasteiger partial charge on any atom is -0.344 e. The van der Waals surface area contributed by atoms with Gasteiger partial charge in [0.25, 0.3) is 0 Å². The quantitative estimate of drug-likeness (QED) is 0.434. The van der Waals surface area contributed by atoms with E-state index in [0.717, 1.165) is 58.3 Å². The van der Waals surface area contributed by atoms with Gasteiger partial charge in [-0.3, -0.25) is 9.69 Å². The number of rotatable bonds is 7. The number of amides is 1. The largest absolute Gasteiger partial charge is 0.391 e. The summed E-state index contributed by atoms with van der Waals surface area (Å²) in [6.45, 7) is 3.31. The summed E-state index contributed by atoms with van der Waals surface area (Å²) >= 11 is 0. The lowest BCUT2D eigenvalue weighted by Crippen LogP contribution is -2.59. The fourth-order valence-electron chi connectivity index (χ4n) is 6.41. The first-order valence-corrected chi connectivity index (χ1v) is 13.3. The summed E-state index contributed by atoms with van der Waals surface area (Å²) in [5.41, 5.74) is 0. The predicted octanol–water partition coefficient (Wildman–Crippen LogP) is 5.04. The highest BCUT2D eigenvalue weighted by Gasteiger charge is 2.51. The molecule has 0 spiro atoms. The highest BCUT2D eigenvalue weighted by atomic mass is 19.4. The summed E-state index contributed by atoms with van der Waals surface area (Å²) in [6, 6.07) is -0.281. The molecule has 0 aromatic carbocycles. The molecule has 0 radical (unpaired) electrons. The van der Waals surface area contributed by atoms with Crippen LogP contribution in [0.15, 0.2) is 0 Å². The molecule has 210 valence electrons. The summed E-state index contributed by atoms with van der Waals surface area (Å²) in [7, 11) is 5.63. The van der Waals surface area contributed by atoms with Gasteiger partial charge < -0.3 is 4.90 Å². The van der Waals surface area contributed by atoms with Gasteiger partial charge >= 0.3 is 12.4 Å². The summed E-state index contributed by atoms with van der Waals surface area (Å²) in [4.78, 5) is 17.5. The standard InChI is InChI=1S/C25H42F6N4O/c1-32(2)35-13-11-34(12-14-35)22(19-7-5-4-6-8-19)23(36)33(3)10-9-18-15-20(24(26,27)28)17-21(16-18)25(29,30)31/h18-22H,4-17H2,1-3H3. The molecule has 3 aliphatic rings. The van der Waals surface area contributed by atoms with E-state index in [-0.39, 0.29) is 43.7 Å². The molecule has 3 fully saturated rings. The second kappa shape index (κ2) is 12.2. The van der Waals surface area contributed by atoms with Gasteiger partial charge in [0.1, 0.15) is 0 Å². The third-order valence-electron chi connectivity index (χ3n) is 8.58. The Labute approximate surface area is 211 Å². The molecule has 3 atom stereocenters. The van der Waals surface area contributed by atoms with E-state index in [4.69, 9.17) is 0 Å².